The molecular weight excluding hydrogens is 687 g/mol. The zero-order valence-corrected chi connectivity index (χ0v) is 32.8. The molecule has 2 fully saturated rings. The summed E-state index contributed by atoms with van der Waals surface area (Å²) in [5, 5.41) is 2.63. The molecule has 0 N–H and O–H groups in total. The Morgan fingerprint density at radius 3 is 1.74 bits per heavy atom. The van der Waals surface area contributed by atoms with Crippen LogP contribution in [0.5, 0.6) is 0 Å². The Labute approximate surface area is 337 Å². The van der Waals surface area contributed by atoms with Gasteiger partial charge in [0.25, 0.3) is 0 Å². The van der Waals surface area contributed by atoms with Crippen LogP contribution < -0.4 is 4.90 Å². The van der Waals surface area contributed by atoms with Crippen molar-refractivity contribution in [2.24, 2.45) is 11.8 Å². The first-order valence-corrected chi connectivity index (χ1v) is 20.9. The molecule has 3 aliphatic carbocycles. The van der Waals surface area contributed by atoms with E-state index >= 15 is 0 Å². The summed E-state index contributed by atoms with van der Waals surface area (Å²) < 4.78 is 0. The largest absolute Gasteiger partial charge is 0.310 e. The van der Waals surface area contributed by atoms with E-state index in [1.54, 1.807) is 5.56 Å². The Bertz CT molecular complexity index is 2720. The predicted octanol–water partition coefficient (Wildman–Crippen LogP) is 15.5. The second kappa shape index (κ2) is 13.5. The van der Waals surface area contributed by atoms with E-state index in [0.717, 1.165) is 23.4 Å². The summed E-state index contributed by atoms with van der Waals surface area (Å²) in [6, 6.07) is 68.1. The van der Waals surface area contributed by atoms with Crippen molar-refractivity contribution in [1.29, 1.82) is 0 Å². The van der Waals surface area contributed by atoms with Gasteiger partial charge in [-0.15, -0.1) is 0 Å². The van der Waals surface area contributed by atoms with Gasteiger partial charge in [0.2, 0.25) is 0 Å². The van der Waals surface area contributed by atoms with Gasteiger partial charge in [-0.3, -0.25) is 0 Å². The van der Waals surface area contributed by atoms with Gasteiger partial charge >= 0.3 is 0 Å². The van der Waals surface area contributed by atoms with Crippen LogP contribution in [0.3, 0.4) is 0 Å². The minimum absolute atomic E-state index is 0.0913. The molecule has 0 amide bonds. The van der Waals surface area contributed by atoms with E-state index in [1.165, 1.54) is 103 Å². The highest BCUT2D eigenvalue weighted by molar-refractivity contribution is 5.96. The molecule has 8 aromatic carbocycles. The molecule has 2 saturated carbocycles. The quantitative estimate of drug-likeness (QED) is 0.158. The Hall–Kier alpha value is -6.18. The molecule has 3 aliphatic rings. The zero-order valence-electron chi connectivity index (χ0n) is 32.8. The standard InChI is InChI=1S/C56H47N/c1-56(2)53-19-10-9-16-50(53)51-31-30-47(36-54(51)56)57(46-29-26-41-34-44(23-22-42(41)35-46)52-33-37-20-21-43(52)32-37)45-27-24-40(25-28-45)55-48(38-12-5-3-6-13-38)17-11-18-49(55)39-14-7-4-8-15-39/h3-19,22-31,34-37,43,52H,20-21,32-33H2,1-2H3. The maximum atomic E-state index is 2.49. The Kier molecular flexibility index (Phi) is 8.07. The number of nitrogens with zero attached hydrogens (tertiary/aromatic N) is 1. The molecule has 57 heavy (non-hydrogen) atoms. The van der Waals surface area contributed by atoms with Crippen molar-refractivity contribution in [3.8, 4) is 44.5 Å². The van der Waals surface area contributed by atoms with Crippen LogP contribution in [-0.4, -0.2) is 0 Å². The van der Waals surface area contributed by atoms with Crippen LogP contribution in [0.15, 0.2) is 182 Å². The SMILES string of the molecule is CC1(C)c2ccccc2-c2ccc(N(c3ccc(-c4c(-c5ccccc5)cccc4-c4ccccc4)cc3)c3ccc4cc(C5CC6CCC5C6)ccc4c3)cc21. The molecule has 0 aromatic heterocycles. The van der Waals surface area contributed by atoms with E-state index in [4.69, 9.17) is 0 Å². The van der Waals surface area contributed by atoms with E-state index in [-0.39, 0.29) is 5.41 Å². The molecule has 8 aromatic rings. The topological polar surface area (TPSA) is 3.24 Å². The van der Waals surface area contributed by atoms with E-state index in [9.17, 15) is 0 Å². The summed E-state index contributed by atoms with van der Waals surface area (Å²) in [5.41, 5.74) is 17.8. The molecule has 0 radical (unpaired) electrons. The number of fused-ring (bicyclic) bond motifs is 6. The highest BCUT2D eigenvalue weighted by Gasteiger charge is 2.40. The van der Waals surface area contributed by atoms with E-state index in [2.05, 4.69) is 201 Å². The highest BCUT2D eigenvalue weighted by atomic mass is 15.1. The van der Waals surface area contributed by atoms with Gasteiger partial charge in [-0.25, -0.2) is 0 Å². The molecule has 0 spiro atoms. The van der Waals surface area contributed by atoms with Gasteiger partial charge in [-0.05, 0) is 145 Å². The number of benzene rings is 8. The summed E-state index contributed by atoms with van der Waals surface area (Å²) in [6.45, 7) is 4.75. The first kappa shape index (κ1) is 34.1. The Morgan fingerprint density at radius 2 is 1.04 bits per heavy atom. The maximum absolute atomic E-state index is 2.49. The second-order valence-corrected chi connectivity index (χ2v) is 17.3. The average molecular weight is 734 g/mol. The third-order valence-electron chi connectivity index (χ3n) is 13.7. The molecule has 1 nitrogen and oxygen atoms in total. The van der Waals surface area contributed by atoms with Gasteiger partial charge in [-0.2, -0.15) is 0 Å². The average Bonchev–Trinajstić information content (AvgIpc) is 3.97. The molecule has 11 rings (SSSR count). The second-order valence-electron chi connectivity index (χ2n) is 17.3. The molecule has 3 atom stereocenters. The minimum atomic E-state index is -0.0913. The first-order valence-electron chi connectivity index (χ1n) is 20.9. The Balaban J connectivity index is 1.04. The molecule has 0 saturated heterocycles. The van der Waals surface area contributed by atoms with Crippen LogP contribution in [-0.2, 0) is 5.41 Å². The van der Waals surface area contributed by atoms with Crippen LogP contribution in [0.1, 0.15) is 62.1 Å². The van der Waals surface area contributed by atoms with Crippen molar-refractivity contribution in [3.63, 3.8) is 0 Å². The molecule has 2 bridgehead atoms. The van der Waals surface area contributed by atoms with Crippen LogP contribution in [0.4, 0.5) is 17.1 Å². The lowest BCUT2D eigenvalue weighted by Gasteiger charge is -2.29. The summed E-state index contributed by atoms with van der Waals surface area (Å²) in [7, 11) is 0. The molecule has 0 heterocycles. The van der Waals surface area contributed by atoms with Crippen molar-refractivity contribution in [3.05, 3.63) is 199 Å². The fourth-order valence-electron chi connectivity index (χ4n) is 10.9. The van der Waals surface area contributed by atoms with Gasteiger partial charge in [0.15, 0.2) is 0 Å². The number of anilines is 3. The first-order chi connectivity index (χ1) is 28.0. The summed E-state index contributed by atoms with van der Waals surface area (Å²) in [6.07, 6.45) is 5.66. The van der Waals surface area contributed by atoms with E-state index in [0.29, 0.717) is 0 Å². The van der Waals surface area contributed by atoms with Crippen molar-refractivity contribution in [1.82, 2.24) is 0 Å². The van der Waals surface area contributed by atoms with Gasteiger partial charge in [0.05, 0.1) is 0 Å². The van der Waals surface area contributed by atoms with Crippen LogP contribution in [0.2, 0.25) is 0 Å². The normalized spacial score (nSPS) is 18.7. The minimum Gasteiger partial charge on any atom is -0.310 e. The van der Waals surface area contributed by atoms with Crippen molar-refractivity contribution in [2.75, 3.05) is 4.90 Å². The van der Waals surface area contributed by atoms with Crippen molar-refractivity contribution >= 4 is 27.8 Å². The molecule has 3 unspecified atom stereocenters. The fraction of sp³-hybridized carbons (Fsp3) is 0.179. The number of hydrogen-bond donors (Lipinski definition) is 0. The highest BCUT2D eigenvalue weighted by Crippen LogP contribution is 2.54. The molecular formula is C56H47N. The fourth-order valence-corrected chi connectivity index (χ4v) is 10.9. The van der Waals surface area contributed by atoms with Crippen LogP contribution in [0, 0.1) is 11.8 Å². The van der Waals surface area contributed by atoms with Gasteiger partial charge in [0, 0.05) is 22.5 Å². The number of rotatable bonds is 7. The zero-order chi connectivity index (χ0) is 38.1. The van der Waals surface area contributed by atoms with Crippen molar-refractivity contribution < 1.29 is 0 Å². The molecule has 276 valence electrons. The smallest absolute Gasteiger partial charge is 0.0468 e. The molecule has 1 heteroatoms. The molecule has 0 aliphatic heterocycles. The van der Waals surface area contributed by atoms with Gasteiger partial charge < -0.3 is 4.90 Å². The summed E-state index contributed by atoms with van der Waals surface area (Å²) in [4.78, 5) is 2.47. The lowest BCUT2D eigenvalue weighted by molar-refractivity contribution is 0.420. The lowest BCUT2D eigenvalue weighted by atomic mass is 9.82. The summed E-state index contributed by atoms with van der Waals surface area (Å²) in [5.74, 6) is 2.56. The summed E-state index contributed by atoms with van der Waals surface area (Å²) >= 11 is 0. The Morgan fingerprint density at radius 1 is 0.439 bits per heavy atom. The van der Waals surface area contributed by atoms with Crippen molar-refractivity contribution in [2.45, 2.75) is 50.9 Å². The third-order valence-corrected chi connectivity index (χ3v) is 13.7. The van der Waals surface area contributed by atoms with Gasteiger partial charge in [-0.1, -0.05) is 166 Å². The van der Waals surface area contributed by atoms with E-state index < -0.39 is 0 Å². The number of hydrogen-bond acceptors (Lipinski definition) is 1. The van der Waals surface area contributed by atoms with Crippen LogP contribution >= 0.6 is 0 Å². The monoisotopic (exact) mass is 733 g/mol. The lowest BCUT2D eigenvalue weighted by Crippen LogP contribution is -2.16. The predicted molar refractivity (Wildman–Crippen MR) is 241 cm³/mol. The van der Waals surface area contributed by atoms with E-state index in [1.807, 2.05) is 0 Å². The van der Waals surface area contributed by atoms with Crippen LogP contribution in [0.25, 0.3) is 55.3 Å². The van der Waals surface area contributed by atoms with Gasteiger partial charge in [0.1, 0.15) is 0 Å². The third kappa shape index (κ3) is 5.75. The maximum Gasteiger partial charge on any atom is 0.0468 e.